The molecule has 29 heavy (non-hydrogen) atoms. The maximum atomic E-state index is 12.8. The molecule has 1 amide bonds. The van der Waals surface area contributed by atoms with Gasteiger partial charge in [0.1, 0.15) is 5.76 Å². The van der Waals surface area contributed by atoms with Crippen LogP contribution in [0.25, 0.3) is 0 Å². The van der Waals surface area contributed by atoms with E-state index >= 15 is 0 Å². The average molecular weight is 404 g/mol. The molecule has 1 saturated carbocycles. The Kier molecular flexibility index (Phi) is 7.58. The van der Waals surface area contributed by atoms with Gasteiger partial charge in [-0.25, -0.2) is 0 Å². The summed E-state index contributed by atoms with van der Waals surface area (Å²) in [6.45, 7) is 3.54. The van der Waals surface area contributed by atoms with Gasteiger partial charge < -0.3 is 20.0 Å². The number of rotatable bonds is 7. The number of amides is 1. The third kappa shape index (κ3) is 5.32. The van der Waals surface area contributed by atoms with Crippen LogP contribution in [-0.2, 0) is 4.79 Å². The summed E-state index contributed by atoms with van der Waals surface area (Å²) >= 11 is 0. The molecule has 1 atom stereocenters. The number of carbonyl (C=O) groups excluding carboxylic acids is 1. The number of guanidine groups is 1. The van der Waals surface area contributed by atoms with E-state index in [1.165, 1.54) is 19.3 Å². The lowest BCUT2D eigenvalue weighted by molar-refractivity contribution is -0.138. The van der Waals surface area contributed by atoms with Crippen LogP contribution in [0.5, 0.6) is 0 Å². The second-order valence-electron chi connectivity index (χ2n) is 8.62. The van der Waals surface area contributed by atoms with Crippen molar-refractivity contribution in [3.05, 3.63) is 24.2 Å². The Morgan fingerprint density at radius 3 is 2.52 bits per heavy atom. The van der Waals surface area contributed by atoms with Crippen LogP contribution in [0, 0.1) is 5.41 Å². The predicted octanol–water partition coefficient (Wildman–Crippen LogP) is 2.62. The second kappa shape index (κ2) is 10.1. The van der Waals surface area contributed by atoms with E-state index in [0.717, 1.165) is 57.0 Å². The zero-order valence-electron chi connectivity index (χ0n) is 18.2. The van der Waals surface area contributed by atoms with Gasteiger partial charge in [0.25, 0.3) is 0 Å². The van der Waals surface area contributed by atoms with Crippen molar-refractivity contribution in [3.63, 3.8) is 0 Å². The highest BCUT2D eigenvalue weighted by Crippen LogP contribution is 2.38. The maximum Gasteiger partial charge on any atom is 0.230 e. The first-order valence-electron chi connectivity index (χ1n) is 11.0. The molecular formula is C22H37N5O2. The molecule has 2 heterocycles. The highest BCUT2D eigenvalue weighted by atomic mass is 16.3. The topological polar surface area (TPSA) is 73.1 Å². The number of hydrogen-bond acceptors (Lipinski definition) is 4. The molecule has 2 fully saturated rings. The number of likely N-dealkylation sites (tertiary alicyclic amines) is 1. The summed E-state index contributed by atoms with van der Waals surface area (Å²) < 4.78 is 5.74. The second-order valence-corrected chi connectivity index (χ2v) is 8.62. The Labute approximate surface area is 174 Å². The molecule has 1 aliphatic heterocycles. The molecule has 3 rings (SSSR count). The van der Waals surface area contributed by atoms with Crippen molar-refractivity contribution in [2.24, 2.45) is 10.4 Å². The molecule has 1 saturated heterocycles. The molecule has 1 aromatic rings. The summed E-state index contributed by atoms with van der Waals surface area (Å²) in [6.07, 6.45) is 9.63. The quantitative estimate of drug-likeness (QED) is 0.541. The molecule has 0 radical (unpaired) electrons. The van der Waals surface area contributed by atoms with Gasteiger partial charge in [-0.1, -0.05) is 19.3 Å². The minimum atomic E-state index is -0.311. The monoisotopic (exact) mass is 403 g/mol. The van der Waals surface area contributed by atoms with Gasteiger partial charge in [0.05, 0.1) is 17.7 Å². The minimum absolute atomic E-state index is 0.188. The van der Waals surface area contributed by atoms with E-state index in [1.54, 1.807) is 18.2 Å². The maximum absolute atomic E-state index is 12.8. The lowest BCUT2D eigenvalue weighted by Gasteiger charge is -2.34. The first-order chi connectivity index (χ1) is 14.1. The lowest BCUT2D eigenvalue weighted by atomic mass is 9.84. The Hall–Kier alpha value is -2.02. The van der Waals surface area contributed by atoms with Crippen molar-refractivity contribution in [2.75, 3.05) is 47.3 Å². The summed E-state index contributed by atoms with van der Waals surface area (Å²) in [7, 11) is 5.48. The van der Waals surface area contributed by atoms with Crippen LogP contribution in [0.15, 0.2) is 27.8 Å². The number of carbonyl (C=O) groups is 1. The number of furan rings is 1. The van der Waals surface area contributed by atoms with Crippen molar-refractivity contribution < 1.29 is 9.21 Å². The van der Waals surface area contributed by atoms with Gasteiger partial charge in [-0.15, -0.1) is 0 Å². The predicted molar refractivity (Wildman–Crippen MR) is 116 cm³/mol. The largest absolute Gasteiger partial charge is 0.468 e. The molecule has 1 aromatic heterocycles. The zero-order valence-corrected chi connectivity index (χ0v) is 18.2. The van der Waals surface area contributed by atoms with E-state index < -0.39 is 0 Å². The molecule has 7 nitrogen and oxygen atoms in total. The zero-order chi connectivity index (χ0) is 20.7. The highest BCUT2D eigenvalue weighted by molar-refractivity contribution is 5.85. The number of piperidine rings is 1. The molecule has 2 aliphatic rings. The third-order valence-electron chi connectivity index (χ3n) is 6.40. The minimum Gasteiger partial charge on any atom is -0.468 e. The summed E-state index contributed by atoms with van der Waals surface area (Å²) in [4.78, 5) is 21.4. The van der Waals surface area contributed by atoms with Gasteiger partial charge in [-0.05, 0) is 50.9 Å². The van der Waals surface area contributed by atoms with Gasteiger partial charge in [0, 0.05) is 34.2 Å². The van der Waals surface area contributed by atoms with Crippen LogP contribution in [0.2, 0.25) is 0 Å². The Bertz CT molecular complexity index is 659. The fourth-order valence-corrected chi connectivity index (χ4v) is 4.78. The normalized spacial score (nSPS) is 21.0. The van der Waals surface area contributed by atoms with E-state index in [-0.39, 0.29) is 17.4 Å². The van der Waals surface area contributed by atoms with E-state index in [0.29, 0.717) is 6.54 Å². The summed E-state index contributed by atoms with van der Waals surface area (Å²) in [5.74, 6) is 1.96. The number of nitrogens with one attached hydrogen (secondary N) is 2. The van der Waals surface area contributed by atoms with Gasteiger partial charge in [0.2, 0.25) is 5.91 Å². The molecule has 7 heteroatoms. The number of aliphatic imine (C=N–C) groups is 1. The van der Waals surface area contributed by atoms with Gasteiger partial charge >= 0.3 is 0 Å². The Balaban J connectivity index is 1.60. The molecule has 2 N–H and O–H groups in total. The van der Waals surface area contributed by atoms with Crippen LogP contribution in [-0.4, -0.2) is 69.0 Å². The fourth-order valence-electron chi connectivity index (χ4n) is 4.78. The van der Waals surface area contributed by atoms with Crippen LogP contribution >= 0.6 is 0 Å². The van der Waals surface area contributed by atoms with Gasteiger partial charge in [-0.2, -0.15) is 0 Å². The van der Waals surface area contributed by atoms with Crippen molar-refractivity contribution >= 4 is 11.9 Å². The summed E-state index contributed by atoms with van der Waals surface area (Å²) in [6, 6.07) is 4.20. The number of nitrogens with zero attached hydrogens (tertiary/aromatic N) is 3. The summed E-state index contributed by atoms with van der Waals surface area (Å²) in [5.41, 5.74) is -0.311. The highest BCUT2D eigenvalue weighted by Gasteiger charge is 2.42. The third-order valence-corrected chi connectivity index (χ3v) is 6.40. The molecule has 1 unspecified atom stereocenters. The average Bonchev–Trinajstić information content (AvgIpc) is 3.43. The lowest BCUT2D eigenvalue weighted by Crippen LogP contribution is -2.50. The molecule has 0 aromatic carbocycles. The Morgan fingerprint density at radius 1 is 1.21 bits per heavy atom. The number of hydrogen-bond donors (Lipinski definition) is 2. The molecule has 162 valence electrons. The van der Waals surface area contributed by atoms with E-state index in [1.807, 2.05) is 20.2 Å². The van der Waals surface area contributed by atoms with Crippen molar-refractivity contribution in [1.82, 2.24) is 20.4 Å². The van der Waals surface area contributed by atoms with Crippen LogP contribution in [0.3, 0.4) is 0 Å². The molecule has 0 bridgehead atoms. The Morgan fingerprint density at radius 2 is 1.93 bits per heavy atom. The van der Waals surface area contributed by atoms with E-state index in [2.05, 4.69) is 26.6 Å². The first-order valence-corrected chi connectivity index (χ1v) is 11.0. The fraction of sp³-hybridized carbons (Fsp3) is 0.727. The molecule has 1 aliphatic carbocycles. The van der Waals surface area contributed by atoms with Crippen molar-refractivity contribution in [3.8, 4) is 0 Å². The first kappa shape index (κ1) is 21.7. The smallest absolute Gasteiger partial charge is 0.230 e. The van der Waals surface area contributed by atoms with Crippen LogP contribution in [0.1, 0.15) is 56.7 Å². The van der Waals surface area contributed by atoms with Gasteiger partial charge in [-0.3, -0.25) is 14.7 Å². The van der Waals surface area contributed by atoms with Gasteiger partial charge in [0.15, 0.2) is 5.96 Å². The van der Waals surface area contributed by atoms with Crippen molar-refractivity contribution in [1.29, 1.82) is 0 Å². The molecular weight excluding hydrogens is 366 g/mol. The summed E-state index contributed by atoms with van der Waals surface area (Å²) in [5, 5.41) is 6.91. The van der Waals surface area contributed by atoms with Crippen molar-refractivity contribution in [2.45, 2.75) is 51.0 Å². The van der Waals surface area contributed by atoms with Crippen LogP contribution in [0.4, 0.5) is 0 Å². The molecule has 0 spiro atoms. The van der Waals surface area contributed by atoms with E-state index in [9.17, 15) is 4.79 Å². The van der Waals surface area contributed by atoms with Crippen LogP contribution < -0.4 is 10.6 Å². The van der Waals surface area contributed by atoms with E-state index in [4.69, 9.17) is 4.42 Å². The standard InChI is InChI=1S/C22H37N5O2/c1-23-21(25-17-22(11-5-6-12-22)20(28)26(2)3)24-16-18(19-10-9-15-29-19)27-13-7-4-8-14-27/h9-10,15,18H,4-8,11-14,16-17H2,1-3H3,(H2,23,24,25). The SMILES string of the molecule is CN=C(NCC(c1ccco1)N1CCCCC1)NCC1(C(=O)N(C)C)CCCC1.